The highest BCUT2D eigenvalue weighted by atomic mass is 19.1. The first-order valence-corrected chi connectivity index (χ1v) is 6.16. The number of rotatable bonds is 3. The van der Waals surface area contributed by atoms with Crippen LogP contribution in [0.15, 0.2) is 42.5 Å². The number of benzene rings is 2. The van der Waals surface area contributed by atoms with E-state index in [9.17, 15) is 9.18 Å². The van der Waals surface area contributed by atoms with E-state index in [1.54, 1.807) is 12.1 Å². The normalized spacial score (nSPS) is 10.3. The highest BCUT2D eigenvalue weighted by molar-refractivity contribution is 5.95. The van der Waals surface area contributed by atoms with Crippen LogP contribution in [-0.2, 0) is 6.54 Å². The fourth-order valence-electron chi connectivity index (χ4n) is 1.95. The van der Waals surface area contributed by atoms with E-state index in [1.165, 1.54) is 12.1 Å². The van der Waals surface area contributed by atoms with E-state index >= 15 is 0 Å². The highest BCUT2D eigenvalue weighted by Crippen LogP contribution is 2.11. The molecule has 0 aliphatic carbocycles. The average molecular weight is 257 g/mol. The van der Waals surface area contributed by atoms with Crippen molar-refractivity contribution in [3.63, 3.8) is 0 Å². The zero-order chi connectivity index (χ0) is 13.8. The van der Waals surface area contributed by atoms with Crippen molar-refractivity contribution in [2.45, 2.75) is 20.4 Å². The zero-order valence-corrected chi connectivity index (χ0v) is 11.0. The quantitative estimate of drug-likeness (QED) is 0.897. The largest absolute Gasteiger partial charge is 0.348 e. The Morgan fingerprint density at radius 1 is 1.11 bits per heavy atom. The number of carbonyl (C=O) groups excluding carboxylic acids is 1. The van der Waals surface area contributed by atoms with Crippen molar-refractivity contribution >= 4 is 5.91 Å². The van der Waals surface area contributed by atoms with Crippen LogP contribution in [0.5, 0.6) is 0 Å². The van der Waals surface area contributed by atoms with Gasteiger partial charge in [-0.05, 0) is 43.2 Å². The molecule has 0 bridgehead atoms. The Morgan fingerprint density at radius 3 is 2.42 bits per heavy atom. The molecule has 0 fully saturated rings. The molecule has 0 unspecified atom stereocenters. The number of hydrogen-bond donors (Lipinski definition) is 1. The molecule has 2 aromatic rings. The Hall–Kier alpha value is -2.16. The van der Waals surface area contributed by atoms with Gasteiger partial charge in [-0.2, -0.15) is 0 Å². The molecule has 1 N–H and O–H groups in total. The molecule has 0 aromatic heterocycles. The molecule has 2 aromatic carbocycles. The van der Waals surface area contributed by atoms with Crippen LogP contribution in [0.25, 0.3) is 0 Å². The lowest BCUT2D eigenvalue weighted by molar-refractivity contribution is 0.0950. The molecule has 19 heavy (non-hydrogen) atoms. The van der Waals surface area contributed by atoms with Gasteiger partial charge in [0.05, 0.1) is 0 Å². The Balaban J connectivity index is 2.03. The fraction of sp³-hybridized carbons (Fsp3) is 0.188. The van der Waals surface area contributed by atoms with Gasteiger partial charge in [-0.15, -0.1) is 0 Å². The SMILES string of the molecule is Cc1ccc(C(=O)NCc2ccc(F)cc2)c(C)c1. The second kappa shape index (κ2) is 5.65. The monoisotopic (exact) mass is 257 g/mol. The molecule has 0 atom stereocenters. The number of nitrogens with one attached hydrogen (secondary N) is 1. The van der Waals surface area contributed by atoms with E-state index in [4.69, 9.17) is 0 Å². The maximum atomic E-state index is 12.8. The Morgan fingerprint density at radius 2 is 1.79 bits per heavy atom. The molecular formula is C16H16FNO. The minimum atomic E-state index is -0.274. The molecule has 0 spiro atoms. The van der Waals surface area contributed by atoms with E-state index in [2.05, 4.69) is 5.32 Å². The maximum Gasteiger partial charge on any atom is 0.251 e. The van der Waals surface area contributed by atoms with E-state index < -0.39 is 0 Å². The predicted molar refractivity (Wildman–Crippen MR) is 73.5 cm³/mol. The van der Waals surface area contributed by atoms with Gasteiger partial charge in [0.25, 0.3) is 5.91 Å². The summed E-state index contributed by atoms with van der Waals surface area (Å²) in [6.07, 6.45) is 0. The third-order valence-corrected chi connectivity index (χ3v) is 2.99. The molecule has 0 heterocycles. The predicted octanol–water partition coefficient (Wildman–Crippen LogP) is 3.37. The molecule has 2 nitrogen and oxygen atoms in total. The summed E-state index contributed by atoms with van der Waals surface area (Å²) in [4.78, 5) is 12.0. The Labute approximate surface area is 112 Å². The minimum absolute atomic E-state index is 0.109. The highest BCUT2D eigenvalue weighted by Gasteiger charge is 2.08. The van der Waals surface area contributed by atoms with Gasteiger partial charge in [0.15, 0.2) is 0 Å². The molecule has 0 saturated carbocycles. The summed E-state index contributed by atoms with van der Waals surface area (Å²) in [5, 5.41) is 2.83. The van der Waals surface area contributed by atoms with E-state index in [1.807, 2.05) is 32.0 Å². The summed E-state index contributed by atoms with van der Waals surface area (Å²) >= 11 is 0. The molecule has 1 amide bonds. The molecule has 3 heteroatoms. The standard InChI is InChI=1S/C16H16FNO/c1-11-3-8-15(12(2)9-11)16(19)18-10-13-4-6-14(17)7-5-13/h3-9H,10H2,1-2H3,(H,18,19). The Bertz CT molecular complexity index is 590. The van der Waals surface area contributed by atoms with Crippen molar-refractivity contribution in [2.75, 3.05) is 0 Å². The number of amides is 1. The fourth-order valence-corrected chi connectivity index (χ4v) is 1.95. The summed E-state index contributed by atoms with van der Waals surface area (Å²) in [7, 11) is 0. The van der Waals surface area contributed by atoms with Gasteiger partial charge in [-0.1, -0.05) is 29.8 Å². The molecule has 98 valence electrons. The molecule has 2 rings (SSSR count). The topological polar surface area (TPSA) is 29.1 Å². The number of carbonyl (C=O) groups is 1. The van der Waals surface area contributed by atoms with Crippen LogP contribution in [0, 0.1) is 19.7 Å². The number of halogens is 1. The minimum Gasteiger partial charge on any atom is -0.348 e. The van der Waals surface area contributed by atoms with Crippen LogP contribution in [-0.4, -0.2) is 5.91 Å². The first kappa shape index (κ1) is 13.3. The third-order valence-electron chi connectivity index (χ3n) is 2.99. The van der Waals surface area contributed by atoms with Crippen molar-refractivity contribution in [1.82, 2.24) is 5.32 Å². The second-order valence-corrected chi connectivity index (χ2v) is 4.63. The third kappa shape index (κ3) is 3.41. The molecule has 0 saturated heterocycles. The van der Waals surface area contributed by atoms with Crippen LogP contribution in [0.2, 0.25) is 0 Å². The van der Waals surface area contributed by atoms with E-state index in [-0.39, 0.29) is 11.7 Å². The van der Waals surface area contributed by atoms with Crippen LogP contribution in [0.1, 0.15) is 27.0 Å². The second-order valence-electron chi connectivity index (χ2n) is 4.63. The zero-order valence-electron chi connectivity index (χ0n) is 11.0. The molecular weight excluding hydrogens is 241 g/mol. The first-order valence-electron chi connectivity index (χ1n) is 6.16. The van der Waals surface area contributed by atoms with Gasteiger partial charge in [-0.3, -0.25) is 4.79 Å². The molecule has 0 aliphatic heterocycles. The lowest BCUT2D eigenvalue weighted by Gasteiger charge is -2.08. The van der Waals surface area contributed by atoms with Crippen molar-refractivity contribution in [1.29, 1.82) is 0 Å². The van der Waals surface area contributed by atoms with Gasteiger partial charge < -0.3 is 5.32 Å². The van der Waals surface area contributed by atoms with Crippen LogP contribution in [0.3, 0.4) is 0 Å². The van der Waals surface area contributed by atoms with Gasteiger partial charge in [0.2, 0.25) is 0 Å². The van der Waals surface area contributed by atoms with Crippen molar-refractivity contribution in [3.8, 4) is 0 Å². The summed E-state index contributed by atoms with van der Waals surface area (Å²) < 4.78 is 12.8. The first-order chi connectivity index (χ1) is 9.06. The van der Waals surface area contributed by atoms with E-state index in [0.29, 0.717) is 12.1 Å². The number of hydrogen-bond acceptors (Lipinski definition) is 1. The van der Waals surface area contributed by atoms with Gasteiger partial charge >= 0.3 is 0 Å². The van der Waals surface area contributed by atoms with Gasteiger partial charge in [-0.25, -0.2) is 4.39 Å². The summed E-state index contributed by atoms with van der Waals surface area (Å²) in [6.45, 7) is 4.30. The lowest BCUT2D eigenvalue weighted by Crippen LogP contribution is -2.23. The van der Waals surface area contributed by atoms with Crippen molar-refractivity contribution in [3.05, 3.63) is 70.5 Å². The number of aryl methyl sites for hydroxylation is 2. The van der Waals surface area contributed by atoms with Crippen molar-refractivity contribution < 1.29 is 9.18 Å². The molecule has 0 radical (unpaired) electrons. The van der Waals surface area contributed by atoms with Crippen molar-refractivity contribution in [2.24, 2.45) is 0 Å². The summed E-state index contributed by atoms with van der Waals surface area (Å²) in [5.41, 5.74) is 3.64. The van der Waals surface area contributed by atoms with Crippen LogP contribution in [0.4, 0.5) is 4.39 Å². The average Bonchev–Trinajstić information content (AvgIpc) is 2.37. The van der Waals surface area contributed by atoms with Gasteiger partial charge in [0, 0.05) is 12.1 Å². The van der Waals surface area contributed by atoms with Crippen LogP contribution < -0.4 is 5.32 Å². The van der Waals surface area contributed by atoms with Crippen LogP contribution >= 0.6 is 0 Å². The van der Waals surface area contributed by atoms with Gasteiger partial charge in [0.1, 0.15) is 5.82 Å². The lowest BCUT2D eigenvalue weighted by atomic mass is 10.1. The summed E-state index contributed by atoms with van der Waals surface area (Å²) in [5.74, 6) is -0.383. The van der Waals surface area contributed by atoms with E-state index in [0.717, 1.165) is 16.7 Å². The smallest absolute Gasteiger partial charge is 0.251 e. The Kier molecular flexibility index (Phi) is 3.95. The molecule has 0 aliphatic rings. The maximum absolute atomic E-state index is 12.8. The summed E-state index contributed by atoms with van der Waals surface area (Å²) in [6, 6.07) is 11.8.